The minimum atomic E-state index is -0.257. The molecule has 0 unspecified atom stereocenters. The van der Waals surface area contributed by atoms with Crippen LogP contribution >= 0.6 is 24.0 Å². The molecule has 0 atom stereocenters. The molecule has 0 aliphatic heterocycles. The molecule has 0 aliphatic rings. The van der Waals surface area contributed by atoms with Crippen LogP contribution in [0.1, 0.15) is 11.1 Å². The largest absolute Gasteiger partial charge is 0.508 e. The van der Waals surface area contributed by atoms with E-state index in [0.717, 1.165) is 11.1 Å². The summed E-state index contributed by atoms with van der Waals surface area (Å²) in [6.07, 6.45) is 0.635. The molecule has 0 saturated heterocycles. The lowest BCUT2D eigenvalue weighted by molar-refractivity contribution is 0.406. The lowest BCUT2D eigenvalue weighted by Crippen LogP contribution is -2.37. The van der Waals surface area contributed by atoms with E-state index in [1.807, 2.05) is 18.2 Å². The molecule has 0 bridgehead atoms. The van der Waals surface area contributed by atoms with E-state index in [4.69, 9.17) is 4.74 Å². The molecule has 2 aromatic rings. The highest BCUT2D eigenvalue weighted by Gasteiger charge is 2.04. The van der Waals surface area contributed by atoms with E-state index >= 15 is 0 Å². The Morgan fingerprint density at radius 1 is 1.20 bits per heavy atom. The Morgan fingerprint density at radius 2 is 2.00 bits per heavy atom. The van der Waals surface area contributed by atoms with Gasteiger partial charge in [0, 0.05) is 26.2 Å². The van der Waals surface area contributed by atoms with Crippen LogP contribution in [-0.4, -0.2) is 31.8 Å². The summed E-state index contributed by atoms with van der Waals surface area (Å²) in [6.45, 7) is 1.08. The van der Waals surface area contributed by atoms with Crippen molar-refractivity contribution in [2.45, 2.75) is 13.0 Å². The molecule has 0 amide bonds. The monoisotopic (exact) mass is 459 g/mol. The van der Waals surface area contributed by atoms with Crippen LogP contribution in [0, 0.1) is 5.82 Å². The number of guanidine groups is 1. The number of methoxy groups -OCH3 is 1. The van der Waals surface area contributed by atoms with Crippen LogP contribution in [0.25, 0.3) is 0 Å². The number of nitrogens with zero attached hydrogens (tertiary/aromatic N) is 1. The van der Waals surface area contributed by atoms with Crippen LogP contribution in [0.5, 0.6) is 11.5 Å². The molecule has 136 valence electrons. The van der Waals surface area contributed by atoms with Crippen LogP contribution < -0.4 is 15.4 Å². The second-order valence-corrected chi connectivity index (χ2v) is 5.23. The zero-order valence-corrected chi connectivity index (χ0v) is 16.6. The maximum Gasteiger partial charge on any atom is 0.191 e. The molecular weight excluding hydrogens is 436 g/mol. The van der Waals surface area contributed by atoms with Crippen LogP contribution in [0.4, 0.5) is 4.39 Å². The molecule has 0 aromatic heterocycles. The summed E-state index contributed by atoms with van der Waals surface area (Å²) >= 11 is 0. The normalized spacial score (nSPS) is 10.8. The van der Waals surface area contributed by atoms with E-state index in [0.29, 0.717) is 31.2 Å². The molecule has 5 nitrogen and oxygen atoms in total. The fourth-order valence-electron chi connectivity index (χ4n) is 2.25. The number of rotatable bonds is 6. The summed E-state index contributed by atoms with van der Waals surface area (Å²) in [6, 6.07) is 11.7. The Bertz CT molecular complexity index is 710. The predicted octanol–water partition coefficient (Wildman–Crippen LogP) is 3.07. The van der Waals surface area contributed by atoms with Crippen molar-refractivity contribution < 1.29 is 14.2 Å². The first-order chi connectivity index (χ1) is 11.6. The van der Waals surface area contributed by atoms with E-state index in [1.165, 1.54) is 12.1 Å². The lowest BCUT2D eigenvalue weighted by atomic mass is 10.1. The Morgan fingerprint density at radius 3 is 2.64 bits per heavy atom. The summed E-state index contributed by atoms with van der Waals surface area (Å²) in [7, 11) is 3.23. The number of benzene rings is 2. The number of nitrogens with one attached hydrogen (secondary N) is 2. The fourth-order valence-corrected chi connectivity index (χ4v) is 2.25. The molecule has 0 fully saturated rings. The molecule has 0 saturated carbocycles. The number of aromatic hydroxyl groups is 1. The highest BCUT2D eigenvalue weighted by Crippen LogP contribution is 2.23. The highest BCUT2D eigenvalue weighted by atomic mass is 127. The van der Waals surface area contributed by atoms with Gasteiger partial charge < -0.3 is 20.5 Å². The highest BCUT2D eigenvalue weighted by molar-refractivity contribution is 14.0. The van der Waals surface area contributed by atoms with Gasteiger partial charge in [-0.3, -0.25) is 4.99 Å². The van der Waals surface area contributed by atoms with Crippen molar-refractivity contribution >= 4 is 29.9 Å². The Balaban J connectivity index is 0.00000312. The van der Waals surface area contributed by atoms with Crippen molar-refractivity contribution in [2.24, 2.45) is 4.99 Å². The van der Waals surface area contributed by atoms with Crippen molar-refractivity contribution in [3.05, 3.63) is 59.4 Å². The zero-order chi connectivity index (χ0) is 17.4. The molecule has 25 heavy (non-hydrogen) atoms. The van der Waals surface area contributed by atoms with Gasteiger partial charge in [0.2, 0.25) is 0 Å². The van der Waals surface area contributed by atoms with Gasteiger partial charge in [0.05, 0.1) is 7.11 Å². The third-order valence-corrected chi connectivity index (χ3v) is 3.55. The van der Waals surface area contributed by atoms with Crippen molar-refractivity contribution in [3.8, 4) is 11.5 Å². The fraction of sp³-hybridized carbons (Fsp3) is 0.278. The van der Waals surface area contributed by atoms with Crippen LogP contribution in [-0.2, 0) is 13.0 Å². The topological polar surface area (TPSA) is 65.9 Å². The quantitative estimate of drug-likeness (QED) is 0.353. The molecule has 0 radical (unpaired) electrons. The first-order valence-electron chi connectivity index (χ1n) is 7.67. The molecule has 0 heterocycles. The molecule has 2 rings (SSSR count). The summed E-state index contributed by atoms with van der Waals surface area (Å²) in [4.78, 5) is 4.12. The minimum absolute atomic E-state index is 0. The Hall–Kier alpha value is -2.03. The van der Waals surface area contributed by atoms with E-state index in [1.54, 1.807) is 26.3 Å². The van der Waals surface area contributed by atoms with Crippen LogP contribution in [0.3, 0.4) is 0 Å². The van der Waals surface area contributed by atoms with Gasteiger partial charge in [0.25, 0.3) is 0 Å². The summed E-state index contributed by atoms with van der Waals surface area (Å²) in [5, 5.41) is 16.2. The van der Waals surface area contributed by atoms with Gasteiger partial charge >= 0.3 is 0 Å². The first kappa shape index (κ1) is 21.0. The third-order valence-electron chi connectivity index (χ3n) is 3.55. The van der Waals surface area contributed by atoms with Gasteiger partial charge in [-0.05, 0) is 35.7 Å². The van der Waals surface area contributed by atoms with E-state index in [-0.39, 0.29) is 35.5 Å². The van der Waals surface area contributed by atoms with Gasteiger partial charge in [0.15, 0.2) is 5.96 Å². The number of phenolic OH excluding ortho intramolecular Hbond substituents is 1. The summed E-state index contributed by atoms with van der Waals surface area (Å²) < 4.78 is 18.2. The van der Waals surface area contributed by atoms with E-state index < -0.39 is 0 Å². The first-order valence-corrected chi connectivity index (χ1v) is 7.67. The predicted molar refractivity (Wildman–Crippen MR) is 108 cm³/mol. The number of hydrogen-bond donors (Lipinski definition) is 3. The molecule has 7 heteroatoms. The second-order valence-electron chi connectivity index (χ2n) is 5.23. The average Bonchev–Trinajstić information content (AvgIpc) is 2.59. The van der Waals surface area contributed by atoms with Gasteiger partial charge in [-0.15, -0.1) is 24.0 Å². The molecule has 3 N–H and O–H groups in total. The number of phenols is 1. The SMILES string of the molecule is CN=C(NCCc1ccc(OC)cc1O)NCc1cccc(F)c1.I. The van der Waals surface area contributed by atoms with Gasteiger partial charge in [0.1, 0.15) is 17.3 Å². The Labute approximate surface area is 164 Å². The van der Waals surface area contributed by atoms with E-state index in [9.17, 15) is 9.50 Å². The van der Waals surface area contributed by atoms with Gasteiger partial charge in [-0.25, -0.2) is 4.39 Å². The lowest BCUT2D eigenvalue weighted by Gasteiger charge is -2.13. The Kier molecular flexibility index (Phi) is 9.04. The summed E-state index contributed by atoms with van der Waals surface area (Å²) in [5.41, 5.74) is 1.66. The van der Waals surface area contributed by atoms with Crippen molar-refractivity contribution in [3.63, 3.8) is 0 Å². The minimum Gasteiger partial charge on any atom is -0.508 e. The number of ether oxygens (including phenoxy) is 1. The summed E-state index contributed by atoms with van der Waals surface area (Å²) in [5.74, 6) is 1.19. The second kappa shape index (κ2) is 10.8. The number of hydrogen-bond acceptors (Lipinski definition) is 3. The number of aliphatic imine (C=N–C) groups is 1. The van der Waals surface area contributed by atoms with Crippen LogP contribution in [0.15, 0.2) is 47.5 Å². The maximum atomic E-state index is 13.1. The molecular formula is C18H23FIN3O2. The van der Waals surface area contributed by atoms with Gasteiger partial charge in [-0.1, -0.05) is 18.2 Å². The smallest absolute Gasteiger partial charge is 0.191 e. The number of halogens is 2. The van der Waals surface area contributed by atoms with Gasteiger partial charge in [-0.2, -0.15) is 0 Å². The maximum absolute atomic E-state index is 13.1. The van der Waals surface area contributed by atoms with Crippen LogP contribution in [0.2, 0.25) is 0 Å². The van der Waals surface area contributed by atoms with Crippen molar-refractivity contribution in [1.29, 1.82) is 0 Å². The van der Waals surface area contributed by atoms with Crippen molar-refractivity contribution in [2.75, 3.05) is 20.7 Å². The van der Waals surface area contributed by atoms with E-state index in [2.05, 4.69) is 15.6 Å². The average molecular weight is 459 g/mol. The molecule has 2 aromatic carbocycles. The third kappa shape index (κ3) is 6.77. The standard InChI is InChI=1S/C18H22FN3O2.HI/c1-20-18(22-12-13-4-3-5-15(19)10-13)21-9-8-14-6-7-16(24-2)11-17(14)23;/h3-7,10-11,23H,8-9,12H2,1-2H3,(H2,20,21,22);1H. The molecule has 0 aliphatic carbocycles. The van der Waals surface area contributed by atoms with Crippen molar-refractivity contribution in [1.82, 2.24) is 10.6 Å². The zero-order valence-electron chi connectivity index (χ0n) is 14.3. The molecule has 0 spiro atoms.